The Morgan fingerprint density at radius 2 is 1.84 bits per heavy atom. The number of carbonyl (C=O) groups excluding carboxylic acids is 1. The summed E-state index contributed by atoms with van der Waals surface area (Å²) in [4.78, 5) is 30.4. The Bertz CT molecular complexity index is 1740. The molecule has 2 bridgehead atoms. The van der Waals surface area contributed by atoms with Crippen LogP contribution in [0.25, 0.3) is 21.5 Å². The molecule has 1 saturated carbocycles. The van der Waals surface area contributed by atoms with Crippen molar-refractivity contribution in [3.05, 3.63) is 59.4 Å². The van der Waals surface area contributed by atoms with Gasteiger partial charge in [-0.15, -0.1) is 13.2 Å². The molecule has 45 heavy (non-hydrogen) atoms. The van der Waals surface area contributed by atoms with Crippen LogP contribution in [0.2, 0.25) is 0 Å². The largest absolute Gasteiger partial charge is 0.573 e. The van der Waals surface area contributed by atoms with Gasteiger partial charge in [-0.2, -0.15) is 0 Å². The Morgan fingerprint density at radius 3 is 2.56 bits per heavy atom. The standard InChI is InChI=1S/C31H29F3N4O6S/c32-31(33,34)43-24-4-2-1-3-21(24)27-22(28(44-37-27)16-5-6-16)15-42-20-12-18-8-9-19(13-20)38(18)30-36-23-10-7-17(11-25(23)45-30)29(41)35-14-26(39)40/h1-4,7,10-11,16,18-20H,5-6,8-9,12-15H2,(H,35,41)(H,39,40)/t18-,19?,20?/m0/s1. The number of thiazole rings is 1. The number of hydrogen-bond donors (Lipinski definition) is 2. The van der Waals surface area contributed by atoms with Crippen molar-refractivity contribution >= 4 is 38.6 Å². The first kappa shape index (κ1) is 29.5. The maximum atomic E-state index is 13.1. The third kappa shape index (κ3) is 6.21. The molecule has 3 atom stereocenters. The Hall–Kier alpha value is -4.17. The third-order valence-electron chi connectivity index (χ3n) is 8.55. The van der Waals surface area contributed by atoms with Gasteiger partial charge in [-0.25, -0.2) is 4.98 Å². The number of anilines is 1. The highest BCUT2D eigenvalue weighted by molar-refractivity contribution is 7.22. The lowest BCUT2D eigenvalue weighted by Gasteiger charge is -2.38. The summed E-state index contributed by atoms with van der Waals surface area (Å²) in [5.41, 5.74) is 2.32. The number of fused-ring (bicyclic) bond motifs is 3. The number of aliphatic carboxylic acids is 1. The van der Waals surface area contributed by atoms with Gasteiger partial charge in [0.05, 0.1) is 22.9 Å². The van der Waals surface area contributed by atoms with E-state index in [0.29, 0.717) is 22.6 Å². The van der Waals surface area contributed by atoms with Crippen molar-refractivity contribution in [3.8, 4) is 17.0 Å². The van der Waals surface area contributed by atoms with Gasteiger partial charge in [-0.3, -0.25) is 9.59 Å². The lowest BCUT2D eigenvalue weighted by Crippen LogP contribution is -2.45. The minimum absolute atomic E-state index is 0.0610. The Kier molecular flexibility index (Phi) is 7.64. The van der Waals surface area contributed by atoms with Crippen LogP contribution in [-0.4, -0.2) is 58.2 Å². The van der Waals surface area contributed by atoms with Crippen molar-refractivity contribution < 1.29 is 41.9 Å². The van der Waals surface area contributed by atoms with E-state index in [2.05, 4.69) is 20.1 Å². The molecule has 3 fully saturated rings. The molecule has 0 spiro atoms. The number of aromatic nitrogens is 2. The molecule has 0 radical (unpaired) electrons. The topological polar surface area (TPSA) is 127 Å². The average Bonchev–Trinajstić information content (AvgIpc) is 3.52. The number of ether oxygens (including phenoxy) is 2. The highest BCUT2D eigenvalue weighted by Gasteiger charge is 2.43. The summed E-state index contributed by atoms with van der Waals surface area (Å²) >= 11 is 1.50. The average molecular weight is 643 g/mol. The van der Waals surface area contributed by atoms with E-state index < -0.39 is 24.8 Å². The third-order valence-corrected chi connectivity index (χ3v) is 9.58. The van der Waals surface area contributed by atoms with Crippen LogP contribution in [-0.2, 0) is 16.1 Å². The molecule has 3 aliphatic rings. The number of nitrogens with zero attached hydrogens (tertiary/aromatic N) is 3. The van der Waals surface area contributed by atoms with Crippen LogP contribution < -0.4 is 15.0 Å². The first-order valence-electron chi connectivity index (χ1n) is 14.8. The molecule has 2 N–H and O–H groups in total. The van der Waals surface area contributed by atoms with Crippen molar-refractivity contribution in [1.29, 1.82) is 0 Å². The smallest absolute Gasteiger partial charge is 0.480 e. The van der Waals surface area contributed by atoms with Gasteiger partial charge in [0.2, 0.25) is 0 Å². The molecule has 10 nitrogen and oxygen atoms in total. The van der Waals surface area contributed by atoms with Crippen LogP contribution in [0.4, 0.5) is 18.3 Å². The molecule has 1 amide bonds. The number of nitrogens with one attached hydrogen (secondary N) is 1. The summed E-state index contributed by atoms with van der Waals surface area (Å²) in [5, 5.41) is 16.3. The number of amides is 1. The number of para-hydroxylation sites is 1. The zero-order chi connectivity index (χ0) is 31.3. The Labute approximate surface area is 259 Å². The molecular weight excluding hydrogens is 613 g/mol. The fraction of sp³-hybridized carbons (Fsp3) is 0.419. The summed E-state index contributed by atoms with van der Waals surface area (Å²) in [5.74, 6) is -1.06. The number of carbonyl (C=O) groups is 2. The maximum Gasteiger partial charge on any atom is 0.573 e. The predicted octanol–water partition coefficient (Wildman–Crippen LogP) is 6.26. The first-order chi connectivity index (χ1) is 21.6. The van der Waals surface area contributed by atoms with Crippen molar-refractivity contribution in [2.75, 3.05) is 11.4 Å². The number of benzene rings is 2. The molecule has 2 unspecified atom stereocenters. The second-order valence-corrected chi connectivity index (χ2v) is 12.7. The van der Waals surface area contributed by atoms with E-state index in [0.717, 1.165) is 53.9 Å². The van der Waals surface area contributed by atoms with Crippen LogP contribution in [0.1, 0.15) is 66.1 Å². The van der Waals surface area contributed by atoms with E-state index in [9.17, 15) is 22.8 Å². The van der Waals surface area contributed by atoms with Crippen molar-refractivity contribution in [1.82, 2.24) is 15.5 Å². The zero-order valence-corrected chi connectivity index (χ0v) is 24.7. The number of alkyl halides is 3. The Balaban J connectivity index is 1.06. The molecule has 1 aliphatic carbocycles. The van der Waals surface area contributed by atoms with Gasteiger partial charge in [0.1, 0.15) is 23.7 Å². The minimum atomic E-state index is -4.84. The van der Waals surface area contributed by atoms with Crippen molar-refractivity contribution in [2.24, 2.45) is 0 Å². The molecule has 4 heterocycles. The number of hydrogen-bond acceptors (Lipinski definition) is 9. The summed E-state index contributed by atoms with van der Waals surface area (Å²) in [7, 11) is 0. The molecule has 14 heteroatoms. The molecule has 2 aromatic carbocycles. The second-order valence-electron chi connectivity index (χ2n) is 11.6. The van der Waals surface area contributed by atoms with Crippen LogP contribution in [0, 0.1) is 0 Å². The maximum absolute atomic E-state index is 13.1. The number of halogens is 3. The van der Waals surface area contributed by atoms with Crippen LogP contribution in [0.3, 0.4) is 0 Å². The van der Waals surface area contributed by atoms with E-state index in [-0.39, 0.29) is 42.0 Å². The molecule has 236 valence electrons. The summed E-state index contributed by atoms with van der Waals surface area (Å²) in [6.07, 6.45) is 0.461. The van der Waals surface area contributed by atoms with E-state index >= 15 is 0 Å². The van der Waals surface area contributed by atoms with Gasteiger partial charge in [0, 0.05) is 34.7 Å². The lowest BCUT2D eigenvalue weighted by atomic mass is 10.00. The van der Waals surface area contributed by atoms with Gasteiger partial charge in [-0.1, -0.05) is 28.6 Å². The molecule has 4 aromatic rings. The van der Waals surface area contributed by atoms with Gasteiger partial charge >= 0.3 is 12.3 Å². The molecule has 2 aromatic heterocycles. The van der Waals surface area contributed by atoms with E-state index in [4.69, 9.17) is 19.4 Å². The lowest BCUT2D eigenvalue weighted by molar-refractivity contribution is -0.274. The van der Waals surface area contributed by atoms with E-state index in [1.165, 1.54) is 23.5 Å². The Morgan fingerprint density at radius 1 is 1.09 bits per heavy atom. The quantitative estimate of drug-likeness (QED) is 0.206. The van der Waals surface area contributed by atoms with Crippen LogP contribution >= 0.6 is 11.3 Å². The molecule has 2 saturated heterocycles. The summed E-state index contributed by atoms with van der Waals surface area (Å²) < 4.78 is 56.7. The van der Waals surface area contributed by atoms with E-state index in [1.807, 2.05) is 0 Å². The fourth-order valence-corrected chi connectivity index (χ4v) is 7.56. The van der Waals surface area contributed by atoms with Gasteiger partial charge in [0.25, 0.3) is 5.91 Å². The van der Waals surface area contributed by atoms with Crippen molar-refractivity contribution in [2.45, 2.75) is 75.6 Å². The number of carboxylic acids is 1. The number of piperidine rings is 1. The molecular formula is C31H29F3N4O6S. The normalized spacial score (nSPS) is 21.3. The predicted molar refractivity (Wildman–Crippen MR) is 157 cm³/mol. The highest BCUT2D eigenvalue weighted by atomic mass is 32.1. The number of rotatable bonds is 10. The minimum Gasteiger partial charge on any atom is -0.480 e. The zero-order valence-electron chi connectivity index (χ0n) is 23.9. The van der Waals surface area contributed by atoms with Gasteiger partial charge in [0.15, 0.2) is 5.13 Å². The van der Waals surface area contributed by atoms with Gasteiger partial charge in [-0.05, 0) is 68.9 Å². The highest BCUT2D eigenvalue weighted by Crippen LogP contribution is 2.47. The van der Waals surface area contributed by atoms with Crippen molar-refractivity contribution in [3.63, 3.8) is 0 Å². The van der Waals surface area contributed by atoms with Gasteiger partial charge < -0.3 is 29.3 Å². The SMILES string of the molecule is O=C(O)CNC(=O)c1ccc2nc(N3C4CC[C@H]3CC(OCc3c(-c5ccccc5OC(F)(F)F)noc3C3CC3)C4)sc2c1. The van der Waals surface area contributed by atoms with E-state index in [1.54, 1.807) is 30.3 Å². The summed E-state index contributed by atoms with van der Waals surface area (Å²) in [6, 6.07) is 11.5. The molecule has 2 aliphatic heterocycles. The second kappa shape index (κ2) is 11.6. The number of carboxylic acid groups (broad SMARTS) is 1. The van der Waals surface area contributed by atoms with Crippen LogP contribution in [0.15, 0.2) is 47.0 Å². The summed E-state index contributed by atoms with van der Waals surface area (Å²) in [6.45, 7) is -0.283. The molecule has 7 rings (SSSR count). The fourth-order valence-electron chi connectivity index (χ4n) is 6.41. The van der Waals surface area contributed by atoms with Crippen LogP contribution in [0.5, 0.6) is 5.75 Å². The first-order valence-corrected chi connectivity index (χ1v) is 15.6. The monoisotopic (exact) mass is 642 g/mol.